The SMILES string of the molecule is O=C(NC(CCCc1ccccc1)C(=O)NO)C1CCCCC1. The lowest BCUT2D eigenvalue weighted by Gasteiger charge is -2.24. The lowest BCUT2D eigenvalue weighted by atomic mass is 9.88. The molecular weight excluding hydrogens is 292 g/mol. The molecule has 0 saturated heterocycles. The first-order valence-corrected chi connectivity index (χ1v) is 8.49. The zero-order valence-corrected chi connectivity index (χ0v) is 13.5. The minimum absolute atomic E-state index is 0.00636. The second kappa shape index (κ2) is 9.30. The standard InChI is InChI=1S/C18H26N2O3/c21-17(15-11-5-2-6-12-15)19-16(18(22)20-23)13-7-10-14-8-3-1-4-9-14/h1,3-4,8-9,15-16,23H,2,5-7,10-13H2,(H,19,21)(H,20,22). The maximum Gasteiger partial charge on any atom is 0.265 e. The van der Waals surface area contributed by atoms with E-state index in [1.165, 1.54) is 12.0 Å². The zero-order chi connectivity index (χ0) is 16.5. The summed E-state index contributed by atoms with van der Waals surface area (Å²) in [6, 6.07) is 9.35. The van der Waals surface area contributed by atoms with E-state index < -0.39 is 11.9 Å². The van der Waals surface area contributed by atoms with E-state index >= 15 is 0 Å². The molecule has 5 heteroatoms. The monoisotopic (exact) mass is 318 g/mol. The van der Waals surface area contributed by atoms with Crippen molar-refractivity contribution in [3.8, 4) is 0 Å². The molecule has 126 valence electrons. The summed E-state index contributed by atoms with van der Waals surface area (Å²) in [4.78, 5) is 24.1. The van der Waals surface area contributed by atoms with Crippen LogP contribution in [0, 0.1) is 5.92 Å². The Labute approximate surface area is 137 Å². The molecule has 1 unspecified atom stereocenters. The van der Waals surface area contributed by atoms with Gasteiger partial charge in [-0.15, -0.1) is 0 Å². The summed E-state index contributed by atoms with van der Waals surface area (Å²) in [6.07, 6.45) is 7.24. The van der Waals surface area contributed by atoms with Crippen LogP contribution >= 0.6 is 0 Å². The van der Waals surface area contributed by atoms with Crippen molar-refractivity contribution >= 4 is 11.8 Å². The van der Waals surface area contributed by atoms with Gasteiger partial charge in [-0.1, -0.05) is 49.6 Å². The number of aryl methyl sites for hydroxylation is 1. The lowest BCUT2D eigenvalue weighted by molar-refractivity contribution is -0.136. The quantitative estimate of drug-likeness (QED) is 0.534. The Morgan fingerprint density at radius 3 is 2.48 bits per heavy atom. The second-order valence-corrected chi connectivity index (χ2v) is 6.25. The van der Waals surface area contributed by atoms with Gasteiger partial charge in [0.2, 0.25) is 5.91 Å². The Bertz CT molecular complexity index is 498. The molecule has 0 bridgehead atoms. The third kappa shape index (κ3) is 5.67. The molecule has 5 nitrogen and oxygen atoms in total. The van der Waals surface area contributed by atoms with Crippen LogP contribution in [0.3, 0.4) is 0 Å². The first-order chi connectivity index (χ1) is 11.2. The van der Waals surface area contributed by atoms with Gasteiger partial charge in [0.15, 0.2) is 0 Å². The van der Waals surface area contributed by atoms with Crippen molar-refractivity contribution < 1.29 is 14.8 Å². The number of hydrogen-bond donors (Lipinski definition) is 3. The zero-order valence-electron chi connectivity index (χ0n) is 13.5. The van der Waals surface area contributed by atoms with Crippen LogP contribution in [0.15, 0.2) is 30.3 Å². The van der Waals surface area contributed by atoms with Gasteiger partial charge in [0, 0.05) is 5.92 Å². The molecule has 1 fully saturated rings. The van der Waals surface area contributed by atoms with Crippen molar-refractivity contribution in [1.29, 1.82) is 0 Å². The van der Waals surface area contributed by atoms with Crippen molar-refractivity contribution in [2.45, 2.75) is 57.4 Å². The summed E-state index contributed by atoms with van der Waals surface area (Å²) in [6.45, 7) is 0. The molecule has 0 aliphatic heterocycles. The molecule has 1 atom stereocenters. The number of hydrogen-bond acceptors (Lipinski definition) is 3. The fraction of sp³-hybridized carbons (Fsp3) is 0.556. The minimum atomic E-state index is -0.668. The van der Waals surface area contributed by atoms with Gasteiger partial charge in [0.1, 0.15) is 6.04 Å². The fourth-order valence-electron chi connectivity index (χ4n) is 3.16. The number of rotatable bonds is 7. The normalized spacial score (nSPS) is 16.6. The minimum Gasteiger partial charge on any atom is -0.344 e. The highest BCUT2D eigenvalue weighted by Gasteiger charge is 2.26. The second-order valence-electron chi connectivity index (χ2n) is 6.25. The van der Waals surface area contributed by atoms with Gasteiger partial charge >= 0.3 is 0 Å². The number of hydroxylamine groups is 1. The van der Waals surface area contributed by atoms with Crippen LogP contribution in [0.25, 0.3) is 0 Å². The molecule has 2 rings (SSSR count). The molecule has 0 spiro atoms. The molecule has 23 heavy (non-hydrogen) atoms. The van der Waals surface area contributed by atoms with Gasteiger partial charge in [-0.05, 0) is 37.7 Å². The first-order valence-electron chi connectivity index (χ1n) is 8.49. The summed E-state index contributed by atoms with van der Waals surface area (Å²) in [7, 11) is 0. The number of benzene rings is 1. The molecule has 2 amide bonds. The van der Waals surface area contributed by atoms with E-state index in [2.05, 4.69) is 5.32 Å². The number of nitrogens with one attached hydrogen (secondary N) is 2. The van der Waals surface area contributed by atoms with Crippen molar-refractivity contribution in [2.24, 2.45) is 5.92 Å². The molecule has 1 aromatic carbocycles. The molecule has 0 aromatic heterocycles. The average molecular weight is 318 g/mol. The average Bonchev–Trinajstić information content (AvgIpc) is 2.61. The molecule has 1 saturated carbocycles. The summed E-state index contributed by atoms with van der Waals surface area (Å²) in [5, 5.41) is 11.7. The van der Waals surface area contributed by atoms with Gasteiger partial charge in [0.25, 0.3) is 5.91 Å². The van der Waals surface area contributed by atoms with Gasteiger partial charge < -0.3 is 5.32 Å². The predicted octanol–water partition coefficient (Wildman–Crippen LogP) is 2.58. The largest absolute Gasteiger partial charge is 0.344 e. The Morgan fingerprint density at radius 2 is 1.83 bits per heavy atom. The highest BCUT2D eigenvalue weighted by molar-refractivity contribution is 5.87. The van der Waals surface area contributed by atoms with E-state index in [-0.39, 0.29) is 11.8 Å². The Balaban J connectivity index is 1.83. The number of carbonyl (C=O) groups excluding carboxylic acids is 2. The maximum absolute atomic E-state index is 12.3. The van der Waals surface area contributed by atoms with Crippen molar-refractivity contribution in [1.82, 2.24) is 10.8 Å². The summed E-state index contributed by atoms with van der Waals surface area (Å²) >= 11 is 0. The third-order valence-corrected chi connectivity index (χ3v) is 4.52. The Morgan fingerprint density at radius 1 is 1.13 bits per heavy atom. The smallest absolute Gasteiger partial charge is 0.265 e. The third-order valence-electron chi connectivity index (χ3n) is 4.52. The molecule has 0 heterocycles. The van der Waals surface area contributed by atoms with Crippen molar-refractivity contribution in [2.75, 3.05) is 0 Å². The number of carbonyl (C=O) groups is 2. The van der Waals surface area contributed by atoms with Crippen LogP contribution in [0.1, 0.15) is 50.5 Å². The Hall–Kier alpha value is -1.88. The first kappa shape index (κ1) is 17.5. The maximum atomic E-state index is 12.3. The van der Waals surface area contributed by atoms with E-state index in [1.54, 1.807) is 5.48 Å². The predicted molar refractivity (Wildman–Crippen MR) is 87.8 cm³/mol. The van der Waals surface area contributed by atoms with Gasteiger partial charge in [-0.25, -0.2) is 5.48 Å². The topological polar surface area (TPSA) is 78.4 Å². The molecule has 1 aliphatic carbocycles. The van der Waals surface area contributed by atoms with E-state index in [4.69, 9.17) is 5.21 Å². The van der Waals surface area contributed by atoms with Crippen molar-refractivity contribution in [3.63, 3.8) is 0 Å². The molecule has 1 aliphatic rings. The van der Waals surface area contributed by atoms with E-state index in [0.717, 1.165) is 38.5 Å². The summed E-state index contributed by atoms with van der Waals surface area (Å²) in [5.74, 6) is -0.591. The van der Waals surface area contributed by atoms with Crippen LogP contribution in [0.4, 0.5) is 0 Å². The molecule has 0 radical (unpaired) electrons. The molecule has 1 aromatic rings. The lowest BCUT2D eigenvalue weighted by Crippen LogP contribution is -2.48. The van der Waals surface area contributed by atoms with Gasteiger partial charge in [-0.3, -0.25) is 14.8 Å². The van der Waals surface area contributed by atoms with Crippen LogP contribution in [0.5, 0.6) is 0 Å². The summed E-state index contributed by atoms with van der Waals surface area (Å²) in [5.41, 5.74) is 2.87. The van der Waals surface area contributed by atoms with E-state index in [1.807, 2.05) is 30.3 Å². The van der Waals surface area contributed by atoms with Crippen molar-refractivity contribution in [3.05, 3.63) is 35.9 Å². The fourth-order valence-corrected chi connectivity index (χ4v) is 3.16. The van der Waals surface area contributed by atoms with Crippen LogP contribution in [-0.4, -0.2) is 23.1 Å². The van der Waals surface area contributed by atoms with Crippen LogP contribution in [0.2, 0.25) is 0 Å². The Kier molecular flexibility index (Phi) is 7.07. The van der Waals surface area contributed by atoms with Crippen LogP contribution in [-0.2, 0) is 16.0 Å². The van der Waals surface area contributed by atoms with Gasteiger partial charge in [0.05, 0.1) is 0 Å². The van der Waals surface area contributed by atoms with E-state index in [0.29, 0.717) is 6.42 Å². The van der Waals surface area contributed by atoms with Crippen LogP contribution < -0.4 is 10.8 Å². The highest BCUT2D eigenvalue weighted by Crippen LogP contribution is 2.23. The molecule has 3 N–H and O–H groups in total. The number of amides is 2. The summed E-state index contributed by atoms with van der Waals surface area (Å²) < 4.78 is 0. The highest BCUT2D eigenvalue weighted by atomic mass is 16.5. The van der Waals surface area contributed by atoms with E-state index in [9.17, 15) is 9.59 Å². The molecular formula is C18H26N2O3. The van der Waals surface area contributed by atoms with Gasteiger partial charge in [-0.2, -0.15) is 0 Å².